The average Bonchev–Trinajstić information content (AvgIpc) is 2.83. The van der Waals surface area contributed by atoms with Crippen molar-refractivity contribution in [2.24, 2.45) is 0 Å². The number of hydrogen-bond acceptors (Lipinski definition) is 4. The molecule has 1 N–H and O–H groups in total. The fraction of sp³-hybridized carbons (Fsp3) is 0.500. The highest BCUT2D eigenvalue weighted by Gasteiger charge is 2.22. The number of carbonyl (C=O) groups excluding carboxylic acids is 1. The first-order valence-electron chi connectivity index (χ1n) is 6.67. The molecular formula is C14H18N2O3. The number of rotatable bonds is 1. The van der Waals surface area contributed by atoms with E-state index in [0.717, 1.165) is 36.7 Å². The molecule has 2 heterocycles. The normalized spacial score (nSPS) is 23.1. The second-order valence-electron chi connectivity index (χ2n) is 5.00. The van der Waals surface area contributed by atoms with Gasteiger partial charge in [-0.3, -0.25) is 4.79 Å². The predicted molar refractivity (Wildman–Crippen MR) is 71.6 cm³/mol. The molecule has 1 aromatic rings. The minimum Gasteiger partial charge on any atom is -0.454 e. The number of ether oxygens (including phenoxy) is 2. The number of hydrogen-bond donors (Lipinski definition) is 1. The van der Waals surface area contributed by atoms with Crippen LogP contribution in [-0.4, -0.2) is 31.8 Å². The monoisotopic (exact) mass is 262 g/mol. The van der Waals surface area contributed by atoms with E-state index >= 15 is 0 Å². The molecule has 5 nitrogen and oxygen atoms in total. The number of benzene rings is 1. The van der Waals surface area contributed by atoms with Gasteiger partial charge in [-0.2, -0.15) is 0 Å². The van der Waals surface area contributed by atoms with Gasteiger partial charge in [0, 0.05) is 30.8 Å². The van der Waals surface area contributed by atoms with Crippen LogP contribution in [0.15, 0.2) is 18.2 Å². The molecule has 1 saturated heterocycles. The van der Waals surface area contributed by atoms with Crippen molar-refractivity contribution in [3.05, 3.63) is 18.2 Å². The van der Waals surface area contributed by atoms with Crippen LogP contribution in [0, 0.1) is 0 Å². The van der Waals surface area contributed by atoms with Crippen LogP contribution in [0.5, 0.6) is 11.5 Å². The number of anilines is 1. The first-order chi connectivity index (χ1) is 9.24. The van der Waals surface area contributed by atoms with Crippen molar-refractivity contribution >= 4 is 11.6 Å². The van der Waals surface area contributed by atoms with E-state index in [9.17, 15) is 4.79 Å². The van der Waals surface area contributed by atoms with Gasteiger partial charge < -0.3 is 19.7 Å². The zero-order valence-corrected chi connectivity index (χ0v) is 11.0. The van der Waals surface area contributed by atoms with E-state index in [1.807, 2.05) is 30.0 Å². The van der Waals surface area contributed by atoms with Crippen molar-refractivity contribution in [2.75, 3.05) is 24.8 Å². The number of carbonyl (C=O) groups is 1. The molecule has 0 radical (unpaired) electrons. The molecule has 102 valence electrons. The summed E-state index contributed by atoms with van der Waals surface area (Å²) in [5, 5.41) is 3.34. The Morgan fingerprint density at radius 1 is 1.32 bits per heavy atom. The molecule has 0 bridgehead atoms. The highest BCUT2D eigenvalue weighted by atomic mass is 16.7. The van der Waals surface area contributed by atoms with Crippen LogP contribution < -0.4 is 19.7 Å². The topological polar surface area (TPSA) is 50.8 Å². The van der Waals surface area contributed by atoms with Crippen molar-refractivity contribution in [1.82, 2.24) is 5.32 Å². The number of nitrogens with zero attached hydrogens (tertiary/aromatic N) is 1. The summed E-state index contributed by atoms with van der Waals surface area (Å²) in [6, 6.07) is 5.90. The van der Waals surface area contributed by atoms with Crippen molar-refractivity contribution in [3.8, 4) is 11.5 Å². The lowest BCUT2D eigenvalue weighted by Gasteiger charge is -2.27. The van der Waals surface area contributed by atoms with Crippen LogP contribution in [0.1, 0.15) is 19.8 Å². The smallest absolute Gasteiger partial charge is 0.231 e. The Hall–Kier alpha value is -1.75. The molecule has 1 amide bonds. The molecule has 0 saturated carbocycles. The van der Waals surface area contributed by atoms with Crippen molar-refractivity contribution in [2.45, 2.75) is 25.8 Å². The fourth-order valence-corrected chi connectivity index (χ4v) is 2.48. The summed E-state index contributed by atoms with van der Waals surface area (Å²) in [4.78, 5) is 14.1. The maximum Gasteiger partial charge on any atom is 0.231 e. The average molecular weight is 262 g/mol. The quantitative estimate of drug-likeness (QED) is 0.833. The van der Waals surface area contributed by atoms with E-state index < -0.39 is 0 Å². The Kier molecular flexibility index (Phi) is 3.29. The molecule has 0 spiro atoms. The molecule has 5 heteroatoms. The van der Waals surface area contributed by atoms with E-state index in [1.165, 1.54) is 0 Å². The maximum atomic E-state index is 12.3. The van der Waals surface area contributed by atoms with Crippen LogP contribution in [-0.2, 0) is 4.79 Å². The van der Waals surface area contributed by atoms with Gasteiger partial charge in [-0.15, -0.1) is 0 Å². The molecular weight excluding hydrogens is 244 g/mol. The van der Waals surface area contributed by atoms with E-state index in [4.69, 9.17) is 9.47 Å². The van der Waals surface area contributed by atoms with E-state index in [1.54, 1.807) is 0 Å². The van der Waals surface area contributed by atoms with Crippen molar-refractivity contribution in [1.29, 1.82) is 0 Å². The second kappa shape index (κ2) is 5.09. The highest BCUT2D eigenvalue weighted by Crippen LogP contribution is 2.35. The van der Waals surface area contributed by atoms with E-state index in [-0.39, 0.29) is 18.7 Å². The molecule has 1 unspecified atom stereocenters. The number of amides is 1. The number of fused-ring (bicyclic) bond motifs is 1. The predicted octanol–water partition coefficient (Wildman–Crippen LogP) is 1.52. The molecule has 1 atom stereocenters. The third kappa shape index (κ3) is 2.51. The van der Waals surface area contributed by atoms with Gasteiger partial charge in [-0.05, 0) is 32.0 Å². The van der Waals surface area contributed by atoms with Gasteiger partial charge in [0.25, 0.3) is 0 Å². The lowest BCUT2D eigenvalue weighted by molar-refractivity contribution is -0.119. The summed E-state index contributed by atoms with van der Waals surface area (Å²) < 4.78 is 10.7. The second-order valence-corrected chi connectivity index (χ2v) is 5.00. The molecule has 19 heavy (non-hydrogen) atoms. The lowest BCUT2D eigenvalue weighted by Crippen LogP contribution is -2.42. The SMILES string of the molecule is CC1CC(=O)N(c2ccc3c(c2)OCO3)CCCN1. The van der Waals surface area contributed by atoms with Gasteiger partial charge in [0.05, 0.1) is 0 Å². The summed E-state index contributed by atoms with van der Waals surface area (Å²) >= 11 is 0. The van der Waals surface area contributed by atoms with E-state index in [0.29, 0.717) is 6.42 Å². The number of nitrogens with one attached hydrogen (secondary N) is 1. The zero-order chi connectivity index (χ0) is 13.2. The van der Waals surface area contributed by atoms with Crippen LogP contribution in [0.4, 0.5) is 5.69 Å². The Morgan fingerprint density at radius 3 is 3.05 bits per heavy atom. The molecule has 1 fully saturated rings. The molecule has 0 aliphatic carbocycles. The van der Waals surface area contributed by atoms with Crippen molar-refractivity contribution in [3.63, 3.8) is 0 Å². The lowest BCUT2D eigenvalue weighted by atomic mass is 10.1. The molecule has 1 aromatic carbocycles. The third-order valence-electron chi connectivity index (χ3n) is 3.50. The Morgan fingerprint density at radius 2 is 2.16 bits per heavy atom. The molecule has 2 aliphatic heterocycles. The van der Waals surface area contributed by atoms with Gasteiger partial charge in [-0.25, -0.2) is 0 Å². The Labute approximate surface area is 112 Å². The first-order valence-corrected chi connectivity index (χ1v) is 6.67. The molecule has 3 rings (SSSR count). The van der Waals surface area contributed by atoms with Crippen LogP contribution in [0.25, 0.3) is 0 Å². The van der Waals surface area contributed by atoms with Crippen LogP contribution in [0.3, 0.4) is 0 Å². The Balaban J connectivity index is 1.84. The van der Waals surface area contributed by atoms with Gasteiger partial charge in [0.1, 0.15) is 0 Å². The summed E-state index contributed by atoms with van der Waals surface area (Å²) in [7, 11) is 0. The minimum atomic E-state index is 0.151. The fourth-order valence-electron chi connectivity index (χ4n) is 2.48. The van der Waals surface area contributed by atoms with Gasteiger partial charge in [0.15, 0.2) is 11.5 Å². The Bertz CT molecular complexity index is 490. The largest absolute Gasteiger partial charge is 0.454 e. The highest BCUT2D eigenvalue weighted by molar-refractivity contribution is 5.94. The van der Waals surface area contributed by atoms with Gasteiger partial charge in [0.2, 0.25) is 12.7 Å². The molecule has 2 aliphatic rings. The first kappa shape index (κ1) is 12.3. The molecule has 0 aromatic heterocycles. The summed E-state index contributed by atoms with van der Waals surface area (Å²) in [6.07, 6.45) is 1.47. The van der Waals surface area contributed by atoms with Crippen molar-refractivity contribution < 1.29 is 14.3 Å². The standard InChI is InChI=1S/C14H18N2O3/c1-10-7-14(17)16(6-2-5-15-10)11-3-4-12-13(8-11)19-9-18-12/h3-4,8,10,15H,2,5-7,9H2,1H3. The summed E-state index contributed by atoms with van der Waals surface area (Å²) in [6.45, 7) is 3.97. The van der Waals surface area contributed by atoms with Crippen LogP contribution in [0.2, 0.25) is 0 Å². The zero-order valence-electron chi connectivity index (χ0n) is 11.0. The minimum absolute atomic E-state index is 0.151. The van der Waals surface area contributed by atoms with Gasteiger partial charge in [-0.1, -0.05) is 0 Å². The van der Waals surface area contributed by atoms with E-state index in [2.05, 4.69) is 5.32 Å². The van der Waals surface area contributed by atoms with Crippen LogP contribution >= 0.6 is 0 Å². The maximum absolute atomic E-state index is 12.3. The summed E-state index contributed by atoms with van der Waals surface area (Å²) in [5.74, 6) is 1.62. The third-order valence-corrected chi connectivity index (χ3v) is 3.50. The van der Waals surface area contributed by atoms with Gasteiger partial charge >= 0.3 is 0 Å². The summed E-state index contributed by atoms with van der Waals surface area (Å²) in [5.41, 5.74) is 0.892.